The number of fused-ring (bicyclic) bond motifs is 1. The van der Waals surface area contributed by atoms with Gasteiger partial charge in [0.05, 0.1) is 18.6 Å². The van der Waals surface area contributed by atoms with Crippen LogP contribution < -0.4 is 10.4 Å². The Morgan fingerprint density at radius 3 is 2.65 bits per heavy atom. The summed E-state index contributed by atoms with van der Waals surface area (Å²) in [5.41, 5.74) is 0.212. The van der Waals surface area contributed by atoms with Gasteiger partial charge in [0.15, 0.2) is 5.65 Å². The van der Waals surface area contributed by atoms with E-state index >= 15 is 0 Å². The second-order valence-electron chi connectivity index (χ2n) is 7.04. The van der Waals surface area contributed by atoms with Gasteiger partial charge in [0.25, 0.3) is 0 Å². The number of nitrogens with zero attached hydrogens (tertiary/aromatic N) is 4. The molecule has 0 amide bonds. The molecule has 1 aliphatic rings. The van der Waals surface area contributed by atoms with E-state index in [0.717, 1.165) is 12.8 Å². The van der Waals surface area contributed by atoms with Crippen molar-refractivity contribution in [2.75, 3.05) is 26.8 Å². The van der Waals surface area contributed by atoms with Crippen molar-refractivity contribution >= 4 is 21.6 Å². The maximum Gasteiger partial charge on any atom is 0.350 e. The highest BCUT2D eigenvalue weighted by Gasteiger charge is 2.29. The molecule has 164 valence electrons. The molecule has 0 atom stereocenters. The lowest BCUT2D eigenvalue weighted by molar-refractivity contribution is 0.0595. The first-order valence-electron chi connectivity index (χ1n) is 9.81. The summed E-state index contributed by atoms with van der Waals surface area (Å²) >= 11 is 0. The number of aromatic nitrogens is 3. The molecule has 0 bridgehead atoms. The number of benzene rings is 1. The Morgan fingerprint density at radius 2 is 1.94 bits per heavy atom. The Morgan fingerprint density at radius 1 is 1.16 bits per heavy atom. The van der Waals surface area contributed by atoms with E-state index in [0.29, 0.717) is 18.7 Å². The quantitative estimate of drug-likeness (QED) is 0.500. The summed E-state index contributed by atoms with van der Waals surface area (Å²) in [7, 11) is -2.48. The van der Waals surface area contributed by atoms with Crippen LogP contribution in [0.1, 0.15) is 23.2 Å². The minimum absolute atomic E-state index is 0.00474. The number of sulfonamides is 1. The molecule has 0 N–H and O–H groups in total. The van der Waals surface area contributed by atoms with Crippen LogP contribution in [0.3, 0.4) is 0 Å². The molecule has 11 heteroatoms. The average molecular weight is 446 g/mol. The zero-order chi connectivity index (χ0) is 22.0. The predicted molar refractivity (Wildman–Crippen MR) is 111 cm³/mol. The van der Waals surface area contributed by atoms with E-state index in [1.807, 2.05) is 0 Å². The highest BCUT2D eigenvalue weighted by molar-refractivity contribution is 7.89. The predicted octanol–water partition coefficient (Wildman–Crippen LogP) is 1.15. The molecule has 31 heavy (non-hydrogen) atoms. The maximum atomic E-state index is 12.8. The number of pyridine rings is 1. The van der Waals surface area contributed by atoms with Gasteiger partial charge in [0.1, 0.15) is 17.9 Å². The summed E-state index contributed by atoms with van der Waals surface area (Å²) in [5, 5.41) is 4.22. The molecule has 0 aliphatic carbocycles. The fourth-order valence-corrected chi connectivity index (χ4v) is 5.04. The van der Waals surface area contributed by atoms with Crippen LogP contribution >= 0.6 is 0 Å². The fraction of sp³-hybridized carbons (Fsp3) is 0.350. The van der Waals surface area contributed by atoms with Gasteiger partial charge in [-0.1, -0.05) is 6.07 Å². The lowest BCUT2D eigenvalue weighted by Crippen LogP contribution is -2.28. The molecule has 0 unspecified atom stereocenters. The maximum absolute atomic E-state index is 12.8. The Hall–Kier alpha value is -3.18. The second kappa shape index (κ2) is 8.52. The van der Waals surface area contributed by atoms with Gasteiger partial charge in [-0.15, -0.1) is 5.10 Å². The fourth-order valence-electron chi connectivity index (χ4n) is 3.50. The Kier molecular flexibility index (Phi) is 5.79. The van der Waals surface area contributed by atoms with Crippen LogP contribution in [0.15, 0.2) is 52.3 Å². The van der Waals surface area contributed by atoms with Gasteiger partial charge < -0.3 is 9.47 Å². The highest BCUT2D eigenvalue weighted by Crippen LogP contribution is 2.27. The van der Waals surface area contributed by atoms with Crippen LogP contribution in [0.4, 0.5) is 0 Å². The summed E-state index contributed by atoms with van der Waals surface area (Å²) in [6, 6.07) is 9.34. The van der Waals surface area contributed by atoms with Crippen LogP contribution in [0.2, 0.25) is 0 Å². The molecule has 1 saturated heterocycles. The minimum atomic E-state index is -3.69. The summed E-state index contributed by atoms with van der Waals surface area (Å²) in [4.78, 5) is 24.6. The Balaban J connectivity index is 1.55. The molecule has 0 spiro atoms. The van der Waals surface area contributed by atoms with Crippen molar-refractivity contribution in [3.05, 3.63) is 58.6 Å². The van der Waals surface area contributed by atoms with Crippen molar-refractivity contribution in [2.45, 2.75) is 24.3 Å². The number of esters is 1. The molecular formula is C20H22N4O6S. The molecule has 2 aromatic heterocycles. The normalized spacial score (nSPS) is 14.7. The van der Waals surface area contributed by atoms with E-state index in [4.69, 9.17) is 9.47 Å². The number of carbonyl (C=O) groups excluding carboxylic acids is 1. The Bertz CT molecular complexity index is 1270. The molecule has 10 nitrogen and oxygen atoms in total. The van der Waals surface area contributed by atoms with Gasteiger partial charge in [0, 0.05) is 19.3 Å². The summed E-state index contributed by atoms with van der Waals surface area (Å²) in [5.74, 6) is -0.539. The molecule has 1 aromatic carbocycles. The number of ether oxygens (including phenoxy) is 2. The highest BCUT2D eigenvalue weighted by atomic mass is 32.2. The lowest BCUT2D eigenvalue weighted by atomic mass is 10.2. The molecule has 1 fully saturated rings. The van der Waals surface area contributed by atoms with E-state index in [2.05, 4.69) is 5.10 Å². The second-order valence-corrected chi connectivity index (χ2v) is 8.98. The minimum Gasteiger partial charge on any atom is -0.491 e. The first-order valence-corrected chi connectivity index (χ1v) is 11.3. The number of hydrogen-bond acceptors (Lipinski definition) is 7. The largest absolute Gasteiger partial charge is 0.491 e. The third-order valence-electron chi connectivity index (χ3n) is 5.11. The van der Waals surface area contributed by atoms with Crippen molar-refractivity contribution in [2.24, 2.45) is 0 Å². The van der Waals surface area contributed by atoms with Gasteiger partial charge >= 0.3 is 11.7 Å². The van der Waals surface area contributed by atoms with Crippen molar-refractivity contribution in [3.8, 4) is 5.75 Å². The van der Waals surface area contributed by atoms with Gasteiger partial charge in [-0.05, 0) is 43.2 Å². The number of methoxy groups -OCH3 is 1. The Labute approximate surface area is 178 Å². The van der Waals surface area contributed by atoms with Crippen molar-refractivity contribution in [3.63, 3.8) is 0 Å². The number of carbonyl (C=O) groups is 1. The third kappa shape index (κ3) is 4.06. The van der Waals surface area contributed by atoms with Gasteiger partial charge in [-0.2, -0.15) is 4.31 Å². The van der Waals surface area contributed by atoms with E-state index in [1.165, 1.54) is 38.7 Å². The van der Waals surface area contributed by atoms with Crippen LogP contribution in [-0.2, 0) is 21.3 Å². The van der Waals surface area contributed by atoms with Gasteiger partial charge in [0.2, 0.25) is 10.0 Å². The van der Waals surface area contributed by atoms with Crippen molar-refractivity contribution in [1.29, 1.82) is 0 Å². The van der Waals surface area contributed by atoms with Crippen molar-refractivity contribution in [1.82, 2.24) is 18.5 Å². The SMILES string of the molecule is COC(=O)c1cc(S(=O)(=O)N2CCCC2)ccc1OCCn1nc2ccccn2c1=O. The summed E-state index contributed by atoms with van der Waals surface area (Å²) in [6.45, 7) is 1.12. The van der Waals surface area contributed by atoms with Crippen LogP contribution in [0, 0.1) is 0 Å². The number of hydrogen-bond donors (Lipinski definition) is 0. The third-order valence-corrected chi connectivity index (χ3v) is 7.00. The van der Waals surface area contributed by atoms with Crippen LogP contribution in [0.5, 0.6) is 5.75 Å². The smallest absolute Gasteiger partial charge is 0.350 e. The van der Waals surface area contributed by atoms with Crippen LogP contribution in [-0.4, -0.2) is 59.7 Å². The zero-order valence-corrected chi connectivity index (χ0v) is 17.7. The molecule has 3 aromatic rings. The van der Waals surface area contributed by atoms with E-state index in [1.54, 1.807) is 24.4 Å². The molecule has 1 aliphatic heterocycles. The average Bonchev–Trinajstić information content (AvgIpc) is 3.43. The summed E-state index contributed by atoms with van der Waals surface area (Å²) < 4.78 is 40.2. The first kappa shape index (κ1) is 21.1. The van der Waals surface area contributed by atoms with Crippen molar-refractivity contribution < 1.29 is 22.7 Å². The van der Waals surface area contributed by atoms with Gasteiger partial charge in [-0.25, -0.2) is 22.7 Å². The van der Waals surface area contributed by atoms with E-state index in [-0.39, 0.29) is 35.0 Å². The molecule has 4 rings (SSSR count). The van der Waals surface area contributed by atoms with Gasteiger partial charge in [-0.3, -0.25) is 4.40 Å². The molecular weight excluding hydrogens is 424 g/mol. The van der Waals surface area contributed by atoms with Crippen LogP contribution in [0.25, 0.3) is 5.65 Å². The molecule has 3 heterocycles. The monoisotopic (exact) mass is 446 g/mol. The topological polar surface area (TPSA) is 112 Å². The zero-order valence-electron chi connectivity index (χ0n) is 16.9. The molecule has 0 saturated carbocycles. The standard InChI is InChI=1S/C20H22N4O6S/c1-29-19(25)16-14-15(31(27,28)22-9-4-5-10-22)7-8-17(16)30-13-12-24-20(26)23-11-3-2-6-18(23)21-24/h2-3,6-8,11,14H,4-5,9-10,12-13H2,1H3. The first-order chi connectivity index (χ1) is 14.9. The van der Waals surface area contributed by atoms with E-state index < -0.39 is 16.0 Å². The summed E-state index contributed by atoms with van der Waals surface area (Å²) in [6.07, 6.45) is 3.25. The molecule has 0 radical (unpaired) electrons. The number of rotatable bonds is 7. The van der Waals surface area contributed by atoms with E-state index in [9.17, 15) is 18.0 Å². The lowest BCUT2D eigenvalue weighted by Gasteiger charge is -2.17.